The molecule has 0 aromatic carbocycles. The highest BCUT2D eigenvalue weighted by molar-refractivity contribution is 7.10. The molecule has 0 bridgehead atoms. The molecule has 0 N–H and O–H groups in total. The van der Waals surface area contributed by atoms with Crippen molar-refractivity contribution in [3.05, 3.63) is 40.1 Å². The van der Waals surface area contributed by atoms with Crippen LogP contribution in [-0.4, -0.2) is 59.0 Å². The Morgan fingerprint density at radius 2 is 1.60 bits per heavy atom. The van der Waals surface area contributed by atoms with Crippen molar-refractivity contribution < 1.29 is 4.39 Å². The fraction of sp³-hybridized carbons (Fsp3) is 0.556. The van der Waals surface area contributed by atoms with Gasteiger partial charge in [0.2, 0.25) is 5.95 Å². The average molecular weight is 361 g/mol. The minimum atomic E-state index is -0.384. The van der Waals surface area contributed by atoms with E-state index in [0.717, 1.165) is 39.3 Å². The zero-order valence-corrected chi connectivity index (χ0v) is 15.2. The van der Waals surface area contributed by atoms with Crippen LogP contribution >= 0.6 is 11.3 Å². The van der Waals surface area contributed by atoms with Crippen molar-refractivity contribution in [1.82, 2.24) is 19.8 Å². The van der Waals surface area contributed by atoms with Crippen molar-refractivity contribution in [2.75, 3.05) is 44.2 Å². The van der Waals surface area contributed by atoms with Crippen LogP contribution in [0.4, 0.5) is 10.3 Å². The number of piperazine rings is 1. The Balaban J connectivity index is 1.27. The molecule has 5 nitrogen and oxygen atoms in total. The molecule has 0 atom stereocenters. The minimum absolute atomic E-state index is 0.384. The summed E-state index contributed by atoms with van der Waals surface area (Å²) in [6, 6.07) is 2.37. The quantitative estimate of drug-likeness (QED) is 0.818. The second-order valence-corrected chi connectivity index (χ2v) is 7.86. The molecular weight excluding hydrogens is 337 g/mol. The summed E-state index contributed by atoms with van der Waals surface area (Å²) < 4.78 is 12.9. The SMILES string of the molecule is Fc1cnc(N2CCN(Cc3cc(CN4CCCC4)cs3)CC2)nc1. The third-order valence-electron chi connectivity index (χ3n) is 4.95. The molecule has 0 spiro atoms. The van der Waals surface area contributed by atoms with Crippen LogP contribution in [0.15, 0.2) is 23.8 Å². The third-order valence-corrected chi connectivity index (χ3v) is 5.92. The van der Waals surface area contributed by atoms with Gasteiger partial charge in [-0.15, -0.1) is 11.3 Å². The van der Waals surface area contributed by atoms with Crippen LogP contribution in [0.5, 0.6) is 0 Å². The maximum atomic E-state index is 12.9. The molecule has 0 amide bonds. The molecule has 0 saturated carbocycles. The summed E-state index contributed by atoms with van der Waals surface area (Å²) in [5.74, 6) is 0.245. The maximum Gasteiger partial charge on any atom is 0.225 e. The summed E-state index contributed by atoms with van der Waals surface area (Å²) >= 11 is 1.88. The Kier molecular flexibility index (Phi) is 5.24. The summed E-state index contributed by atoms with van der Waals surface area (Å²) in [6.45, 7) is 8.36. The first-order chi connectivity index (χ1) is 12.3. The van der Waals surface area contributed by atoms with E-state index in [0.29, 0.717) is 5.95 Å². The molecule has 4 heterocycles. The normalized spacial score (nSPS) is 19.6. The lowest BCUT2D eigenvalue weighted by Gasteiger charge is -2.34. The Hall–Kier alpha value is -1.57. The first kappa shape index (κ1) is 16.9. The van der Waals surface area contributed by atoms with E-state index < -0.39 is 0 Å². The second kappa shape index (κ2) is 7.76. The number of aromatic nitrogens is 2. The number of thiophene rings is 1. The standard InChI is InChI=1S/C18H24FN5S/c19-16-10-20-18(21-11-16)24-7-5-23(6-8-24)13-17-9-15(14-25-17)12-22-3-1-2-4-22/h9-11,14H,1-8,12-13H2. The molecule has 2 aliphatic heterocycles. The van der Waals surface area contributed by atoms with Gasteiger partial charge in [0.25, 0.3) is 0 Å². The lowest BCUT2D eigenvalue weighted by atomic mass is 10.2. The Bertz CT molecular complexity index is 675. The smallest absolute Gasteiger partial charge is 0.225 e. The van der Waals surface area contributed by atoms with E-state index in [1.165, 1.54) is 48.8 Å². The predicted octanol–water partition coefficient (Wildman–Crippen LogP) is 2.60. The van der Waals surface area contributed by atoms with Gasteiger partial charge in [0, 0.05) is 44.1 Å². The lowest BCUT2D eigenvalue weighted by Crippen LogP contribution is -2.46. The average Bonchev–Trinajstić information content (AvgIpc) is 3.29. The highest BCUT2D eigenvalue weighted by atomic mass is 32.1. The van der Waals surface area contributed by atoms with Crippen LogP contribution in [0.2, 0.25) is 0 Å². The third kappa shape index (κ3) is 4.34. The van der Waals surface area contributed by atoms with E-state index in [1.54, 1.807) is 0 Å². The molecule has 2 aromatic rings. The van der Waals surface area contributed by atoms with Gasteiger partial charge >= 0.3 is 0 Å². The van der Waals surface area contributed by atoms with Crippen LogP contribution in [0.25, 0.3) is 0 Å². The van der Waals surface area contributed by atoms with Crippen LogP contribution in [0, 0.1) is 5.82 Å². The summed E-state index contributed by atoms with van der Waals surface area (Å²) in [4.78, 5) is 16.8. The van der Waals surface area contributed by atoms with Gasteiger partial charge in [0.15, 0.2) is 5.82 Å². The molecule has 2 fully saturated rings. The number of nitrogens with zero attached hydrogens (tertiary/aromatic N) is 5. The molecule has 7 heteroatoms. The maximum absolute atomic E-state index is 12.9. The largest absolute Gasteiger partial charge is 0.338 e. The van der Waals surface area contributed by atoms with E-state index in [2.05, 4.69) is 36.1 Å². The summed E-state index contributed by atoms with van der Waals surface area (Å²) in [5, 5.41) is 2.32. The zero-order chi connectivity index (χ0) is 17.1. The molecule has 2 aliphatic rings. The van der Waals surface area contributed by atoms with E-state index >= 15 is 0 Å². The fourth-order valence-corrected chi connectivity index (χ4v) is 4.51. The van der Waals surface area contributed by atoms with Crippen molar-refractivity contribution >= 4 is 17.3 Å². The lowest BCUT2D eigenvalue weighted by molar-refractivity contribution is 0.250. The molecular formula is C18H24FN5S. The van der Waals surface area contributed by atoms with Crippen molar-refractivity contribution in [2.24, 2.45) is 0 Å². The number of halogens is 1. The van der Waals surface area contributed by atoms with E-state index in [1.807, 2.05) is 11.3 Å². The monoisotopic (exact) mass is 361 g/mol. The van der Waals surface area contributed by atoms with Crippen LogP contribution < -0.4 is 4.90 Å². The number of likely N-dealkylation sites (tertiary alicyclic amines) is 1. The highest BCUT2D eigenvalue weighted by Gasteiger charge is 2.20. The molecule has 0 unspecified atom stereocenters. The number of anilines is 1. The Morgan fingerprint density at radius 3 is 2.32 bits per heavy atom. The molecule has 134 valence electrons. The minimum Gasteiger partial charge on any atom is -0.338 e. The summed E-state index contributed by atoms with van der Waals surface area (Å²) in [5.41, 5.74) is 1.46. The molecule has 4 rings (SSSR count). The van der Waals surface area contributed by atoms with Gasteiger partial charge in [-0.2, -0.15) is 0 Å². The number of rotatable bonds is 5. The van der Waals surface area contributed by atoms with Crippen molar-refractivity contribution in [3.8, 4) is 0 Å². The van der Waals surface area contributed by atoms with Gasteiger partial charge in [-0.1, -0.05) is 0 Å². The molecule has 0 aliphatic carbocycles. The van der Waals surface area contributed by atoms with E-state index in [4.69, 9.17) is 0 Å². The first-order valence-electron chi connectivity index (χ1n) is 9.00. The van der Waals surface area contributed by atoms with E-state index in [9.17, 15) is 4.39 Å². The highest BCUT2D eigenvalue weighted by Crippen LogP contribution is 2.21. The van der Waals surface area contributed by atoms with Crippen LogP contribution in [-0.2, 0) is 13.1 Å². The zero-order valence-electron chi connectivity index (χ0n) is 14.4. The molecule has 25 heavy (non-hydrogen) atoms. The fourth-order valence-electron chi connectivity index (χ4n) is 3.59. The topological polar surface area (TPSA) is 35.5 Å². The summed E-state index contributed by atoms with van der Waals surface area (Å²) in [7, 11) is 0. The van der Waals surface area contributed by atoms with Gasteiger partial charge in [-0.25, -0.2) is 14.4 Å². The van der Waals surface area contributed by atoms with Crippen molar-refractivity contribution in [3.63, 3.8) is 0 Å². The van der Waals surface area contributed by atoms with Crippen LogP contribution in [0.3, 0.4) is 0 Å². The van der Waals surface area contributed by atoms with Gasteiger partial charge < -0.3 is 4.90 Å². The van der Waals surface area contributed by atoms with Gasteiger partial charge in [0.1, 0.15) is 0 Å². The van der Waals surface area contributed by atoms with Gasteiger partial charge in [-0.05, 0) is 42.9 Å². The number of hydrogen-bond acceptors (Lipinski definition) is 6. The van der Waals surface area contributed by atoms with Crippen LogP contribution in [0.1, 0.15) is 23.3 Å². The summed E-state index contributed by atoms with van der Waals surface area (Å²) in [6.07, 6.45) is 5.17. The number of hydrogen-bond donors (Lipinski definition) is 0. The van der Waals surface area contributed by atoms with E-state index in [-0.39, 0.29) is 5.82 Å². The predicted molar refractivity (Wildman–Crippen MR) is 98.3 cm³/mol. The Labute approximate surface area is 152 Å². The molecule has 2 aromatic heterocycles. The Morgan fingerprint density at radius 1 is 0.920 bits per heavy atom. The second-order valence-electron chi connectivity index (χ2n) is 6.87. The van der Waals surface area contributed by atoms with Crippen molar-refractivity contribution in [2.45, 2.75) is 25.9 Å². The molecule has 2 saturated heterocycles. The van der Waals surface area contributed by atoms with Crippen molar-refractivity contribution in [1.29, 1.82) is 0 Å². The van der Waals surface area contributed by atoms with Gasteiger partial charge in [0.05, 0.1) is 12.4 Å². The first-order valence-corrected chi connectivity index (χ1v) is 9.88. The molecule has 0 radical (unpaired) electrons. The van der Waals surface area contributed by atoms with Gasteiger partial charge in [-0.3, -0.25) is 9.80 Å².